The summed E-state index contributed by atoms with van der Waals surface area (Å²) in [5.41, 5.74) is 2.45. The molecule has 2 aromatic rings. The molecular weight excluding hydrogens is 391 g/mol. The van der Waals surface area contributed by atoms with Gasteiger partial charge in [0.2, 0.25) is 0 Å². The van der Waals surface area contributed by atoms with Crippen molar-refractivity contribution < 1.29 is 4.74 Å². The molecule has 1 N–H and O–H groups in total. The first kappa shape index (κ1) is 19.6. The van der Waals surface area contributed by atoms with E-state index in [0.29, 0.717) is 28.6 Å². The molecule has 0 saturated carbocycles. The largest absolute Gasteiger partial charge is 0.492 e. The Morgan fingerprint density at radius 3 is 2.62 bits per heavy atom. The van der Waals surface area contributed by atoms with Crippen LogP contribution in [0, 0.1) is 0 Å². The number of benzene rings is 2. The molecule has 0 aromatic heterocycles. The van der Waals surface area contributed by atoms with E-state index in [4.69, 9.17) is 27.9 Å². The lowest BCUT2D eigenvalue weighted by molar-refractivity contribution is 0.317. The number of anilines is 1. The van der Waals surface area contributed by atoms with Crippen molar-refractivity contribution in [1.82, 2.24) is 5.32 Å². The molecule has 2 unspecified atom stereocenters. The Kier molecular flexibility index (Phi) is 6.57. The highest BCUT2D eigenvalue weighted by molar-refractivity contribution is 6.44. The van der Waals surface area contributed by atoms with Crippen LogP contribution in [0.3, 0.4) is 0 Å². The molecule has 1 saturated heterocycles. The number of nitrogens with zero attached hydrogens (tertiary/aromatic N) is 1. The van der Waals surface area contributed by atoms with Crippen molar-refractivity contribution in [1.29, 1.82) is 0 Å². The predicted molar refractivity (Wildman–Crippen MR) is 112 cm³/mol. The van der Waals surface area contributed by atoms with Crippen LogP contribution in [0.25, 0.3) is 0 Å². The number of para-hydroxylation sites is 1. The zero-order valence-corrected chi connectivity index (χ0v) is 16.8. The molecule has 2 aromatic carbocycles. The number of hydrogen-bond acceptors (Lipinski definition) is 3. The van der Waals surface area contributed by atoms with Crippen LogP contribution in [0.15, 0.2) is 42.5 Å². The summed E-state index contributed by atoms with van der Waals surface area (Å²) in [6, 6.07) is 14.5. The molecule has 1 fully saturated rings. The average Bonchev–Trinajstić information content (AvgIpc) is 2.78. The van der Waals surface area contributed by atoms with Gasteiger partial charge >= 0.3 is 0 Å². The average molecular weight is 414 g/mol. The van der Waals surface area contributed by atoms with Gasteiger partial charge in [-0.15, -0.1) is 12.4 Å². The first-order chi connectivity index (χ1) is 12.3. The summed E-state index contributed by atoms with van der Waals surface area (Å²) in [4.78, 5) is 2.42. The number of nitrogens with one attached hydrogen (secondary N) is 1. The van der Waals surface area contributed by atoms with Crippen LogP contribution in [0.2, 0.25) is 10.0 Å². The van der Waals surface area contributed by atoms with Gasteiger partial charge in [0.15, 0.2) is 0 Å². The second kappa shape index (κ2) is 8.71. The van der Waals surface area contributed by atoms with Gasteiger partial charge in [-0.1, -0.05) is 47.5 Å². The van der Waals surface area contributed by atoms with Gasteiger partial charge in [0.1, 0.15) is 12.4 Å². The van der Waals surface area contributed by atoms with Gasteiger partial charge < -0.3 is 15.0 Å². The van der Waals surface area contributed by atoms with Crippen LogP contribution in [-0.4, -0.2) is 32.3 Å². The SMILES string of the molecule is Cl.Clc1ccc2c(c1Cl)N(CCOc1ccccc1)C1CCNCCC21. The Hall–Kier alpha value is -1.13. The summed E-state index contributed by atoms with van der Waals surface area (Å²) >= 11 is 12.9. The lowest BCUT2D eigenvalue weighted by Gasteiger charge is -2.29. The van der Waals surface area contributed by atoms with Crippen molar-refractivity contribution >= 4 is 41.3 Å². The van der Waals surface area contributed by atoms with Crippen molar-refractivity contribution in [2.24, 2.45) is 0 Å². The highest BCUT2D eigenvalue weighted by atomic mass is 35.5. The second-order valence-electron chi connectivity index (χ2n) is 6.66. The molecule has 3 nitrogen and oxygen atoms in total. The fraction of sp³-hybridized carbons (Fsp3) is 0.400. The quantitative estimate of drug-likeness (QED) is 0.750. The molecule has 0 radical (unpaired) electrons. The summed E-state index contributed by atoms with van der Waals surface area (Å²) in [6.07, 6.45) is 2.24. The zero-order chi connectivity index (χ0) is 17.2. The Morgan fingerprint density at radius 1 is 1.04 bits per heavy atom. The smallest absolute Gasteiger partial charge is 0.119 e. The minimum Gasteiger partial charge on any atom is -0.492 e. The molecule has 6 heteroatoms. The molecule has 2 heterocycles. The van der Waals surface area contributed by atoms with E-state index in [1.165, 1.54) is 5.56 Å². The second-order valence-corrected chi connectivity index (χ2v) is 7.44. The molecule has 4 rings (SSSR count). The van der Waals surface area contributed by atoms with Crippen LogP contribution in [-0.2, 0) is 0 Å². The first-order valence-electron chi connectivity index (χ1n) is 8.89. The van der Waals surface area contributed by atoms with E-state index in [1.54, 1.807) is 0 Å². The normalized spacial score (nSPS) is 21.4. The molecule has 26 heavy (non-hydrogen) atoms. The first-order valence-corrected chi connectivity index (χ1v) is 9.64. The van der Waals surface area contributed by atoms with Crippen LogP contribution in [0.1, 0.15) is 24.3 Å². The van der Waals surface area contributed by atoms with Crippen molar-refractivity contribution in [3.63, 3.8) is 0 Å². The van der Waals surface area contributed by atoms with Gasteiger partial charge in [-0.25, -0.2) is 0 Å². The van der Waals surface area contributed by atoms with Gasteiger partial charge in [0, 0.05) is 12.0 Å². The third kappa shape index (κ3) is 3.77. The Bertz CT molecular complexity index is 741. The lowest BCUT2D eigenvalue weighted by atomic mass is 9.91. The van der Waals surface area contributed by atoms with Gasteiger partial charge in [0.05, 0.1) is 22.3 Å². The molecular formula is C20H23Cl3N2O. The van der Waals surface area contributed by atoms with E-state index < -0.39 is 0 Å². The van der Waals surface area contributed by atoms with Crippen LogP contribution < -0.4 is 15.0 Å². The molecule has 0 bridgehead atoms. The molecule has 0 spiro atoms. The Labute approximate surface area is 171 Å². The van der Waals surface area contributed by atoms with Gasteiger partial charge in [-0.2, -0.15) is 0 Å². The number of ether oxygens (including phenoxy) is 1. The maximum atomic E-state index is 6.61. The molecule has 2 aliphatic rings. The molecule has 2 aliphatic heterocycles. The van der Waals surface area contributed by atoms with E-state index in [1.807, 2.05) is 36.4 Å². The third-order valence-corrected chi connectivity index (χ3v) is 6.04. The fourth-order valence-corrected chi connectivity index (χ4v) is 4.56. The topological polar surface area (TPSA) is 24.5 Å². The highest BCUT2D eigenvalue weighted by Crippen LogP contribution is 2.49. The lowest BCUT2D eigenvalue weighted by Crippen LogP contribution is -2.37. The van der Waals surface area contributed by atoms with Crippen LogP contribution in [0.5, 0.6) is 5.75 Å². The number of rotatable bonds is 4. The van der Waals surface area contributed by atoms with Gasteiger partial charge in [-0.05, 0) is 49.7 Å². The van der Waals surface area contributed by atoms with Gasteiger partial charge in [-0.3, -0.25) is 0 Å². The molecule has 2 atom stereocenters. The minimum atomic E-state index is 0. The standard InChI is InChI=1S/C20H22Cl2N2O.ClH/c21-17-7-6-16-15-8-10-23-11-9-18(15)24(20(16)19(17)22)12-13-25-14-4-2-1-3-5-14;/h1-7,15,18,23H,8-13H2;1H. The fourth-order valence-electron chi connectivity index (χ4n) is 4.13. The maximum Gasteiger partial charge on any atom is 0.119 e. The Balaban J connectivity index is 0.00000196. The highest BCUT2D eigenvalue weighted by Gasteiger charge is 2.40. The van der Waals surface area contributed by atoms with Crippen molar-refractivity contribution in [3.8, 4) is 5.75 Å². The molecule has 0 aliphatic carbocycles. The van der Waals surface area contributed by atoms with E-state index >= 15 is 0 Å². The van der Waals surface area contributed by atoms with E-state index in [2.05, 4.69) is 16.3 Å². The third-order valence-electron chi connectivity index (χ3n) is 5.24. The van der Waals surface area contributed by atoms with E-state index in [9.17, 15) is 0 Å². The molecule has 140 valence electrons. The number of hydrogen-bond donors (Lipinski definition) is 1. The monoisotopic (exact) mass is 412 g/mol. The Morgan fingerprint density at radius 2 is 1.81 bits per heavy atom. The zero-order valence-electron chi connectivity index (χ0n) is 14.5. The summed E-state index contributed by atoms with van der Waals surface area (Å²) in [5.74, 6) is 1.41. The summed E-state index contributed by atoms with van der Waals surface area (Å²) in [5, 5.41) is 4.83. The maximum absolute atomic E-state index is 6.61. The summed E-state index contributed by atoms with van der Waals surface area (Å²) < 4.78 is 5.93. The van der Waals surface area contributed by atoms with Crippen molar-refractivity contribution in [2.45, 2.75) is 24.8 Å². The van der Waals surface area contributed by atoms with Gasteiger partial charge in [0.25, 0.3) is 0 Å². The summed E-state index contributed by atoms with van der Waals surface area (Å²) in [6.45, 7) is 3.53. The van der Waals surface area contributed by atoms with E-state index in [-0.39, 0.29) is 12.4 Å². The van der Waals surface area contributed by atoms with E-state index in [0.717, 1.165) is 43.9 Å². The predicted octanol–water partition coefficient (Wildman–Crippen LogP) is 5.15. The minimum absolute atomic E-state index is 0. The molecule has 0 amide bonds. The number of fused-ring (bicyclic) bond motifs is 3. The number of halogens is 3. The van der Waals surface area contributed by atoms with Crippen LogP contribution >= 0.6 is 35.6 Å². The van der Waals surface area contributed by atoms with Crippen molar-refractivity contribution in [2.75, 3.05) is 31.1 Å². The van der Waals surface area contributed by atoms with Crippen molar-refractivity contribution in [3.05, 3.63) is 58.1 Å². The summed E-state index contributed by atoms with van der Waals surface area (Å²) in [7, 11) is 0. The van der Waals surface area contributed by atoms with Crippen LogP contribution in [0.4, 0.5) is 5.69 Å².